The van der Waals surface area contributed by atoms with Gasteiger partial charge in [-0.2, -0.15) is 0 Å². The number of rotatable bonds is 4. The van der Waals surface area contributed by atoms with Gasteiger partial charge >= 0.3 is 5.97 Å². The second-order valence-corrected chi connectivity index (χ2v) is 5.37. The molecule has 1 aromatic heterocycles. The van der Waals surface area contributed by atoms with Crippen LogP contribution in [0.1, 0.15) is 38.9 Å². The minimum absolute atomic E-state index is 0.185. The quantitative estimate of drug-likeness (QED) is 0.870. The van der Waals surface area contributed by atoms with Crippen LogP contribution in [-0.4, -0.2) is 34.1 Å². The van der Waals surface area contributed by atoms with E-state index in [1.165, 1.54) is 6.07 Å². The van der Waals surface area contributed by atoms with Crippen LogP contribution in [0.5, 0.6) is 0 Å². The van der Waals surface area contributed by atoms with E-state index >= 15 is 0 Å². The first-order chi connectivity index (χ1) is 9.50. The number of aromatic amines is 1. The number of anilines is 1. The molecular formula is C14H21N3O3. The van der Waals surface area contributed by atoms with E-state index in [-0.39, 0.29) is 5.56 Å². The van der Waals surface area contributed by atoms with Gasteiger partial charge in [0.05, 0.1) is 5.41 Å². The third kappa shape index (κ3) is 2.69. The second kappa shape index (κ2) is 5.64. The Balaban J connectivity index is 2.31. The van der Waals surface area contributed by atoms with Crippen molar-refractivity contribution in [3.63, 3.8) is 0 Å². The molecule has 1 saturated heterocycles. The summed E-state index contributed by atoms with van der Waals surface area (Å²) in [6.07, 6.45) is 2.71. The van der Waals surface area contributed by atoms with E-state index < -0.39 is 11.4 Å². The molecule has 6 heteroatoms. The van der Waals surface area contributed by atoms with Crippen LogP contribution in [0.4, 0.5) is 5.82 Å². The minimum Gasteiger partial charge on any atom is -0.481 e. The van der Waals surface area contributed by atoms with Gasteiger partial charge in [-0.05, 0) is 19.3 Å². The number of aliphatic carboxylic acids is 1. The maximum absolute atomic E-state index is 11.6. The molecule has 1 aromatic rings. The maximum atomic E-state index is 11.6. The Hall–Kier alpha value is -1.85. The lowest BCUT2D eigenvalue weighted by atomic mass is 9.77. The number of carbonyl (C=O) groups is 1. The van der Waals surface area contributed by atoms with Crippen molar-refractivity contribution in [3.05, 3.63) is 22.2 Å². The highest BCUT2D eigenvalue weighted by atomic mass is 16.4. The number of aromatic nitrogens is 2. The van der Waals surface area contributed by atoms with Gasteiger partial charge in [0.15, 0.2) is 0 Å². The van der Waals surface area contributed by atoms with Gasteiger partial charge in [-0.15, -0.1) is 0 Å². The Labute approximate surface area is 117 Å². The molecule has 6 nitrogen and oxygen atoms in total. The third-order valence-electron chi connectivity index (χ3n) is 4.14. The van der Waals surface area contributed by atoms with Crippen LogP contribution >= 0.6 is 0 Å². The molecule has 110 valence electrons. The summed E-state index contributed by atoms with van der Waals surface area (Å²) < 4.78 is 0. The molecule has 0 aliphatic carbocycles. The molecule has 2 N–H and O–H groups in total. The molecule has 1 unspecified atom stereocenters. The average Bonchev–Trinajstić information content (AvgIpc) is 2.46. The van der Waals surface area contributed by atoms with E-state index in [2.05, 4.69) is 9.97 Å². The molecule has 2 rings (SSSR count). The number of carboxylic acids is 1. The molecule has 1 fully saturated rings. The molecule has 20 heavy (non-hydrogen) atoms. The lowest BCUT2D eigenvalue weighted by Crippen LogP contribution is -2.48. The lowest BCUT2D eigenvalue weighted by Gasteiger charge is -2.40. The fraction of sp³-hybridized carbons (Fsp3) is 0.643. The number of H-pyrrole nitrogens is 1. The summed E-state index contributed by atoms with van der Waals surface area (Å²) in [5, 5.41) is 9.49. The van der Waals surface area contributed by atoms with Crippen molar-refractivity contribution in [1.82, 2.24) is 9.97 Å². The number of piperidine rings is 1. The number of nitrogens with zero attached hydrogens (tertiary/aromatic N) is 2. The first-order valence-electron chi connectivity index (χ1n) is 7.09. The minimum atomic E-state index is -0.759. The van der Waals surface area contributed by atoms with Crippen LogP contribution in [0.25, 0.3) is 0 Å². The van der Waals surface area contributed by atoms with Crippen molar-refractivity contribution in [2.24, 2.45) is 5.41 Å². The van der Waals surface area contributed by atoms with Gasteiger partial charge in [0.25, 0.3) is 5.56 Å². The Morgan fingerprint density at radius 1 is 1.55 bits per heavy atom. The van der Waals surface area contributed by atoms with Gasteiger partial charge in [0.2, 0.25) is 0 Å². The topological polar surface area (TPSA) is 86.3 Å². The Kier molecular flexibility index (Phi) is 4.11. The van der Waals surface area contributed by atoms with E-state index in [9.17, 15) is 14.7 Å². The van der Waals surface area contributed by atoms with Crippen LogP contribution in [-0.2, 0) is 11.2 Å². The van der Waals surface area contributed by atoms with E-state index in [1.54, 1.807) is 0 Å². The maximum Gasteiger partial charge on any atom is 0.311 e. The molecule has 1 atom stereocenters. The van der Waals surface area contributed by atoms with Crippen molar-refractivity contribution < 1.29 is 9.90 Å². The van der Waals surface area contributed by atoms with Crippen molar-refractivity contribution >= 4 is 11.8 Å². The fourth-order valence-electron chi connectivity index (χ4n) is 2.77. The lowest BCUT2D eigenvalue weighted by molar-refractivity contribution is -0.149. The van der Waals surface area contributed by atoms with Crippen LogP contribution in [0.2, 0.25) is 0 Å². The van der Waals surface area contributed by atoms with Crippen molar-refractivity contribution in [3.8, 4) is 0 Å². The first-order valence-corrected chi connectivity index (χ1v) is 7.09. The first kappa shape index (κ1) is 14.6. The molecule has 0 aromatic carbocycles. The van der Waals surface area contributed by atoms with E-state index in [0.29, 0.717) is 37.4 Å². The van der Waals surface area contributed by atoms with E-state index in [4.69, 9.17) is 0 Å². The van der Waals surface area contributed by atoms with Crippen molar-refractivity contribution in [2.45, 2.75) is 39.5 Å². The largest absolute Gasteiger partial charge is 0.481 e. The Bertz CT molecular complexity index is 555. The summed E-state index contributed by atoms with van der Waals surface area (Å²) in [6.45, 7) is 4.99. The van der Waals surface area contributed by atoms with Gasteiger partial charge in [-0.25, -0.2) is 4.98 Å². The molecule has 1 aliphatic heterocycles. The molecule has 0 bridgehead atoms. The van der Waals surface area contributed by atoms with Crippen LogP contribution in [0.3, 0.4) is 0 Å². The fourth-order valence-corrected chi connectivity index (χ4v) is 2.77. The molecule has 0 spiro atoms. The van der Waals surface area contributed by atoms with E-state index in [0.717, 1.165) is 13.0 Å². The third-order valence-corrected chi connectivity index (χ3v) is 4.14. The van der Waals surface area contributed by atoms with Crippen molar-refractivity contribution in [1.29, 1.82) is 0 Å². The molecule has 0 amide bonds. The van der Waals surface area contributed by atoms with Crippen LogP contribution in [0.15, 0.2) is 10.9 Å². The van der Waals surface area contributed by atoms with Gasteiger partial charge in [0.1, 0.15) is 11.6 Å². The zero-order chi connectivity index (χ0) is 14.8. The van der Waals surface area contributed by atoms with Gasteiger partial charge in [0, 0.05) is 25.6 Å². The second-order valence-electron chi connectivity index (χ2n) is 5.37. The summed E-state index contributed by atoms with van der Waals surface area (Å²) in [7, 11) is 0. The smallest absolute Gasteiger partial charge is 0.311 e. The van der Waals surface area contributed by atoms with Crippen LogP contribution in [0, 0.1) is 5.41 Å². The summed E-state index contributed by atoms with van der Waals surface area (Å²) >= 11 is 0. The number of carboxylic acid groups (broad SMARTS) is 1. The molecule has 2 heterocycles. The number of nitrogens with one attached hydrogen (secondary N) is 1. The summed E-state index contributed by atoms with van der Waals surface area (Å²) in [6, 6.07) is 1.45. The van der Waals surface area contributed by atoms with Gasteiger partial charge in [-0.3, -0.25) is 9.59 Å². The van der Waals surface area contributed by atoms with Gasteiger partial charge < -0.3 is 15.0 Å². The Morgan fingerprint density at radius 3 is 2.90 bits per heavy atom. The van der Waals surface area contributed by atoms with E-state index in [1.807, 2.05) is 18.7 Å². The summed E-state index contributed by atoms with van der Waals surface area (Å²) in [4.78, 5) is 32.2. The molecular weight excluding hydrogens is 258 g/mol. The standard InChI is InChI=1S/C14H21N3O3/c1-3-10-15-11(8-12(18)16-10)17-7-5-6-14(4-2,9-17)13(19)20/h8H,3-7,9H2,1-2H3,(H,19,20)(H,15,16,18). The van der Waals surface area contributed by atoms with Crippen LogP contribution < -0.4 is 10.5 Å². The average molecular weight is 279 g/mol. The number of aryl methyl sites for hydroxylation is 1. The monoisotopic (exact) mass is 279 g/mol. The highest BCUT2D eigenvalue weighted by molar-refractivity contribution is 5.76. The molecule has 1 aliphatic rings. The van der Waals surface area contributed by atoms with Gasteiger partial charge in [-0.1, -0.05) is 13.8 Å². The molecule has 0 saturated carbocycles. The predicted octanol–water partition coefficient (Wildman–Crippen LogP) is 1.41. The highest BCUT2D eigenvalue weighted by Crippen LogP contribution is 2.35. The SMILES string of the molecule is CCc1nc(N2CCCC(CC)(C(=O)O)C2)cc(=O)[nH]1. The van der Waals surface area contributed by atoms with Crippen molar-refractivity contribution in [2.75, 3.05) is 18.0 Å². The molecule has 0 radical (unpaired) electrons. The normalized spacial score (nSPS) is 22.8. The summed E-state index contributed by atoms with van der Waals surface area (Å²) in [5.41, 5.74) is -0.913. The highest BCUT2D eigenvalue weighted by Gasteiger charge is 2.41. The number of hydrogen-bond donors (Lipinski definition) is 2. The summed E-state index contributed by atoms with van der Waals surface area (Å²) in [5.74, 6) is 0.463. The Morgan fingerprint density at radius 2 is 2.30 bits per heavy atom. The zero-order valence-corrected chi connectivity index (χ0v) is 12.0. The predicted molar refractivity (Wildman–Crippen MR) is 76.0 cm³/mol. The zero-order valence-electron chi connectivity index (χ0n) is 12.0. The number of hydrogen-bond acceptors (Lipinski definition) is 4.